The van der Waals surface area contributed by atoms with Crippen molar-refractivity contribution < 1.29 is 17.9 Å². The average Bonchev–Trinajstić information content (AvgIpc) is 2.73. The van der Waals surface area contributed by atoms with Crippen LogP contribution in [0.4, 0.5) is 0 Å². The summed E-state index contributed by atoms with van der Waals surface area (Å²) in [6.45, 7) is 10.6. The van der Waals surface area contributed by atoms with Crippen LogP contribution in [-0.2, 0) is 21.2 Å². The summed E-state index contributed by atoms with van der Waals surface area (Å²) in [6.07, 6.45) is 3.05. The van der Waals surface area contributed by atoms with Crippen molar-refractivity contribution in [1.29, 1.82) is 0 Å². The second kappa shape index (κ2) is 10.2. The van der Waals surface area contributed by atoms with Gasteiger partial charge in [0, 0.05) is 37.8 Å². The second-order valence-corrected chi connectivity index (χ2v) is 10.5. The van der Waals surface area contributed by atoms with Gasteiger partial charge in [0.15, 0.2) is 0 Å². The Morgan fingerprint density at radius 1 is 1.27 bits per heavy atom. The summed E-state index contributed by atoms with van der Waals surface area (Å²) < 4.78 is 33.1. The van der Waals surface area contributed by atoms with E-state index in [9.17, 15) is 13.2 Å². The van der Waals surface area contributed by atoms with E-state index >= 15 is 0 Å². The molecule has 0 saturated carbocycles. The number of ether oxygens (including phenoxy) is 1. The molecule has 0 aliphatic carbocycles. The Balaban J connectivity index is 1.72. The highest BCUT2D eigenvalue weighted by Gasteiger charge is 2.29. The molecule has 1 N–H and O–H groups in total. The molecule has 2 aliphatic heterocycles. The lowest BCUT2D eigenvalue weighted by molar-refractivity contribution is 0.0730. The third-order valence-corrected chi connectivity index (χ3v) is 7.93. The van der Waals surface area contributed by atoms with Crippen molar-refractivity contribution in [3.05, 3.63) is 29.3 Å². The van der Waals surface area contributed by atoms with Gasteiger partial charge in [0.2, 0.25) is 10.0 Å². The highest BCUT2D eigenvalue weighted by atomic mass is 32.2. The van der Waals surface area contributed by atoms with E-state index in [1.807, 2.05) is 13.8 Å². The van der Waals surface area contributed by atoms with Gasteiger partial charge in [0.1, 0.15) is 0 Å². The number of amides is 1. The maximum absolute atomic E-state index is 13.2. The number of nitrogens with zero attached hydrogens (tertiary/aromatic N) is 2. The maximum atomic E-state index is 13.2. The molecule has 0 radical (unpaired) electrons. The zero-order valence-electron chi connectivity index (χ0n) is 18.4. The van der Waals surface area contributed by atoms with Crippen LogP contribution in [0.2, 0.25) is 0 Å². The molecule has 2 heterocycles. The lowest BCUT2D eigenvalue weighted by Gasteiger charge is -2.32. The molecule has 2 fully saturated rings. The Kier molecular flexibility index (Phi) is 7.90. The second-order valence-electron chi connectivity index (χ2n) is 8.57. The number of hydrogen-bond acceptors (Lipinski definition) is 5. The topological polar surface area (TPSA) is 79.0 Å². The van der Waals surface area contributed by atoms with Gasteiger partial charge in [-0.15, -0.1) is 0 Å². The fourth-order valence-corrected chi connectivity index (χ4v) is 6.07. The van der Waals surface area contributed by atoms with Crippen LogP contribution in [0.1, 0.15) is 49.5 Å². The van der Waals surface area contributed by atoms with E-state index in [-0.39, 0.29) is 16.8 Å². The van der Waals surface area contributed by atoms with Gasteiger partial charge in [-0.1, -0.05) is 19.9 Å². The molecule has 1 aromatic rings. The van der Waals surface area contributed by atoms with Crippen LogP contribution in [0, 0.1) is 5.92 Å². The Hall–Kier alpha value is -1.48. The first-order valence-corrected chi connectivity index (χ1v) is 12.5. The van der Waals surface area contributed by atoms with E-state index in [0.29, 0.717) is 44.2 Å². The molecule has 7 nitrogen and oxygen atoms in total. The number of aryl methyl sites for hydroxylation is 1. The fraction of sp³-hybridized carbons (Fsp3) is 0.682. The molecule has 0 aromatic heterocycles. The number of rotatable bonds is 7. The smallest absolute Gasteiger partial charge is 0.251 e. The molecule has 2 unspecified atom stereocenters. The van der Waals surface area contributed by atoms with Crippen LogP contribution in [0.25, 0.3) is 0 Å². The first-order valence-electron chi connectivity index (χ1n) is 11.0. The van der Waals surface area contributed by atoms with Crippen molar-refractivity contribution in [3.63, 3.8) is 0 Å². The lowest BCUT2D eigenvalue weighted by atomic mass is 10.00. The molecule has 2 aliphatic rings. The normalized spacial score (nSPS) is 22.6. The number of nitrogens with one attached hydrogen (secondary N) is 1. The predicted molar refractivity (Wildman–Crippen MR) is 117 cm³/mol. The fourth-order valence-electron chi connectivity index (χ4n) is 4.35. The van der Waals surface area contributed by atoms with Gasteiger partial charge in [-0.25, -0.2) is 8.42 Å². The molecule has 2 atom stereocenters. The van der Waals surface area contributed by atoms with Crippen LogP contribution in [-0.4, -0.2) is 75.5 Å². The molecule has 2 saturated heterocycles. The molecule has 0 spiro atoms. The summed E-state index contributed by atoms with van der Waals surface area (Å²) in [5, 5.41) is 3.04. The van der Waals surface area contributed by atoms with E-state index in [0.717, 1.165) is 25.2 Å². The van der Waals surface area contributed by atoms with Crippen molar-refractivity contribution in [2.45, 2.75) is 51.0 Å². The Labute approximate surface area is 180 Å². The van der Waals surface area contributed by atoms with Crippen molar-refractivity contribution in [2.24, 2.45) is 5.92 Å². The Morgan fingerprint density at radius 3 is 2.67 bits per heavy atom. The third kappa shape index (κ3) is 5.60. The number of piperidine rings is 1. The molecule has 168 valence electrons. The molecule has 8 heteroatoms. The lowest BCUT2D eigenvalue weighted by Crippen LogP contribution is -2.45. The zero-order valence-corrected chi connectivity index (χ0v) is 19.2. The molecular weight excluding hydrogens is 402 g/mol. The summed E-state index contributed by atoms with van der Waals surface area (Å²) in [5.74, 6) is 0.463. The maximum Gasteiger partial charge on any atom is 0.251 e. The van der Waals surface area contributed by atoms with E-state index < -0.39 is 10.0 Å². The van der Waals surface area contributed by atoms with E-state index in [1.54, 1.807) is 12.1 Å². The molecule has 30 heavy (non-hydrogen) atoms. The number of sulfonamides is 1. The number of benzene rings is 1. The van der Waals surface area contributed by atoms with Crippen LogP contribution in [0.15, 0.2) is 23.1 Å². The average molecular weight is 438 g/mol. The highest BCUT2D eigenvalue weighted by molar-refractivity contribution is 7.89. The third-order valence-electron chi connectivity index (χ3n) is 5.95. The number of carbonyl (C=O) groups is 1. The van der Waals surface area contributed by atoms with Crippen LogP contribution in [0.3, 0.4) is 0 Å². The molecule has 0 bridgehead atoms. The summed E-state index contributed by atoms with van der Waals surface area (Å²) in [7, 11) is -3.65. The van der Waals surface area contributed by atoms with Crippen LogP contribution in [0.5, 0.6) is 0 Å². The summed E-state index contributed by atoms with van der Waals surface area (Å²) in [4.78, 5) is 15.5. The van der Waals surface area contributed by atoms with Gasteiger partial charge in [0.25, 0.3) is 5.91 Å². The first-order chi connectivity index (χ1) is 14.3. The van der Waals surface area contributed by atoms with Crippen LogP contribution >= 0.6 is 0 Å². The van der Waals surface area contributed by atoms with Gasteiger partial charge in [-0.05, 0) is 56.3 Å². The highest BCUT2D eigenvalue weighted by Crippen LogP contribution is 2.24. The molecular formula is C22H35N3O4S. The van der Waals surface area contributed by atoms with Gasteiger partial charge in [0.05, 0.1) is 18.1 Å². The van der Waals surface area contributed by atoms with E-state index in [1.165, 1.54) is 23.2 Å². The standard InChI is InChI=1S/C22H35N3O4S/c1-4-19-7-8-20(14-21(19)30(27,28)25-10-12-29-13-11-25)22(26)23-18(3)16-24-9-5-6-17(2)15-24/h7-8,14,17-18H,4-6,9-13,15-16H2,1-3H3,(H,23,26). The zero-order chi connectivity index (χ0) is 21.7. The van der Waals surface area contributed by atoms with Gasteiger partial charge >= 0.3 is 0 Å². The Bertz CT molecular complexity index is 837. The molecule has 3 rings (SSSR count). The minimum atomic E-state index is -3.65. The first kappa shape index (κ1) is 23.2. The number of morpholine rings is 1. The SMILES string of the molecule is CCc1ccc(C(=O)NC(C)CN2CCCC(C)C2)cc1S(=O)(=O)N1CCOCC1. The monoisotopic (exact) mass is 437 g/mol. The quantitative estimate of drug-likeness (QED) is 0.707. The van der Waals surface area contributed by atoms with Gasteiger partial charge < -0.3 is 15.0 Å². The largest absolute Gasteiger partial charge is 0.379 e. The molecule has 1 amide bonds. The van der Waals surface area contributed by atoms with Crippen molar-refractivity contribution >= 4 is 15.9 Å². The minimum absolute atomic E-state index is 0.00653. The van der Waals surface area contributed by atoms with E-state index in [4.69, 9.17) is 4.74 Å². The van der Waals surface area contributed by atoms with Crippen LogP contribution < -0.4 is 5.32 Å². The Morgan fingerprint density at radius 2 is 2.00 bits per heavy atom. The number of carbonyl (C=O) groups excluding carboxylic acids is 1. The predicted octanol–water partition coefficient (Wildman–Crippen LogP) is 2.12. The molecule has 1 aromatic carbocycles. The van der Waals surface area contributed by atoms with Crippen molar-refractivity contribution in [2.75, 3.05) is 45.9 Å². The number of likely N-dealkylation sites (tertiary alicyclic amines) is 1. The van der Waals surface area contributed by atoms with Gasteiger partial charge in [-0.3, -0.25) is 4.79 Å². The summed E-state index contributed by atoms with van der Waals surface area (Å²) in [6, 6.07) is 5.02. The minimum Gasteiger partial charge on any atom is -0.379 e. The van der Waals surface area contributed by atoms with Gasteiger partial charge in [-0.2, -0.15) is 4.31 Å². The number of hydrogen-bond donors (Lipinski definition) is 1. The van der Waals surface area contributed by atoms with E-state index in [2.05, 4.69) is 17.1 Å². The summed E-state index contributed by atoms with van der Waals surface area (Å²) >= 11 is 0. The van der Waals surface area contributed by atoms with Crippen molar-refractivity contribution in [1.82, 2.24) is 14.5 Å². The summed E-state index contributed by atoms with van der Waals surface area (Å²) in [5.41, 5.74) is 1.12. The van der Waals surface area contributed by atoms with Crippen molar-refractivity contribution in [3.8, 4) is 0 Å².